The number of esters is 1. The number of hydrogen-bond acceptors (Lipinski definition) is 6. The summed E-state index contributed by atoms with van der Waals surface area (Å²) in [6, 6.07) is 4.76. The van der Waals surface area contributed by atoms with E-state index in [1.54, 1.807) is 38.3 Å². The third-order valence-corrected chi connectivity index (χ3v) is 6.44. The molecule has 1 heterocycles. The van der Waals surface area contributed by atoms with Crippen molar-refractivity contribution in [3.05, 3.63) is 53.7 Å². The SMILES string of the molecule is C=C(N=C/C(=C\C)OCc1cc(B2OC(C)(C)C(C)(C)O2)ccc1F)[C@@H]1C[C@H]1C(=O)OCC. The van der Waals surface area contributed by atoms with Crippen LogP contribution in [-0.2, 0) is 30.2 Å². The lowest BCUT2D eigenvalue weighted by atomic mass is 9.78. The molecule has 0 amide bonds. The Balaban J connectivity index is 1.60. The fourth-order valence-corrected chi connectivity index (χ4v) is 3.50. The molecule has 2 fully saturated rings. The highest BCUT2D eigenvalue weighted by molar-refractivity contribution is 6.62. The van der Waals surface area contributed by atoms with Gasteiger partial charge in [0, 0.05) is 17.2 Å². The molecular formula is C25H33BFNO5. The van der Waals surface area contributed by atoms with E-state index in [2.05, 4.69) is 11.6 Å². The van der Waals surface area contributed by atoms with Gasteiger partial charge in [0.1, 0.15) is 18.2 Å². The largest absolute Gasteiger partial charge is 0.494 e. The number of carbonyl (C=O) groups excluding carboxylic acids is 1. The molecule has 0 radical (unpaired) electrons. The Labute approximate surface area is 196 Å². The van der Waals surface area contributed by atoms with Crippen molar-refractivity contribution in [3.8, 4) is 0 Å². The monoisotopic (exact) mass is 457 g/mol. The van der Waals surface area contributed by atoms with Gasteiger partial charge >= 0.3 is 13.1 Å². The van der Waals surface area contributed by atoms with Gasteiger partial charge in [-0.15, -0.1) is 0 Å². The van der Waals surface area contributed by atoms with Crippen molar-refractivity contribution >= 4 is 24.8 Å². The van der Waals surface area contributed by atoms with Gasteiger partial charge < -0.3 is 18.8 Å². The molecule has 1 aromatic carbocycles. The first-order valence-corrected chi connectivity index (χ1v) is 11.3. The summed E-state index contributed by atoms with van der Waals surface area (Å²) in [5.41, 5.74) is 0.765. The lowest BCUT2D eigenvalue weighted by Gasteiger charge is -2.32. The zero-order chi connectivity index (χ0) is 24.4. The van der Waals surface area contributed by atoms with Crippen LogP contribution in [0.1, 0.15) is 53.5 Å². The highest BCUT2D eigenvalue weighted by Crippen LogP contribution is 2.44. The molecule has 1 aliphatic carbocycles. The molecule has 178 valence electrons. The predicted octanol–water partition coefficient (Wildman–Crippen LogP) is 4.33. The fraction of sp³-hybridized carbons (Fsp3) is 0.520. The molecule has 0 unspecified atom stereocenters. The molecular weight excluding hydrogens is 424 g/mol. The van der Waals surface area contributed by atoms with Crippen molar-refractivity contribution in [2.45, 2.75) is 65.8 Å². The Hall–Kier alpha value is -2.45. The van der Waals surface area contributed by atoms with Gasteiger partial charge in [-0.2, -0.15) is 0 Å². The minimum Gasteiger partial charge on any atom is -0.488 e. The smallest absolute Gasteiger partial charge is 0.488 e. The minimum absolute atomic E-state index is 0.00700. The summed E-state index contributed by atoms with van der Waals surface area (Å²) in [7, 11) is -0.577. The van der Waals surface area contributed by atoms with E-state index in [1.165, 1.54) is 6.07 Å². The molecule has 3 rings (SSSR count). The van der Waals surface area contributed by atoms with E-state index in [1.807, 2.05) is 27.7 Å². The number of hydrogen-bond donors (Lipinski definition) is 0. The van der Waals surface area contributed by atoms with E-state index in [-0.39, 0.29) is 30.2 Å². The minimum atomic E-state index is -0.577. The third kappa shape index (κ3) is 5.73. The normalized spacial score (nSPS) is 23.6. The van der Waals surface area contributed by atoms with Gasteiger partial charge in [0.15, 0.2) is 0 Å². The Bertz CT molecular complexity index is 956. The maximum Gasteiger partial charge on any atom is 0.494 e. The highest BCUT2D eigenvalue weighted by atomic mass is 19.1. The van der Waals surface area contributed by atoms with Crippen LogP contribution in [0.2, 0.25) is 0 Å². The number of rotatable bonds is 9. The molecule has 1 saturated carbocycles. The van der Waals surface area contributed by atoms with Crippen molar-refractivity contribution in [3.63, 3.8) is 0 Å². The maximum absolute atomic E-state index is 14.5. The maximum atomic E-state index is 14.5. The number of benzene rings is 1. The average Bonchev–Trinajstić information content (AvgIpc) is 3.51. The Morgan fingerprint density at radius 3 is 2.52 bits per heavy atom. The van der Waals surface area contributed by atoms with Gasteiger partial charge in [-0.1, -0.05) is 18.7 Å². The summed E-state index contributed by atoms with van der Waals surface area (Å²) in [5, 5.41) is 0. The zero-order valence-corrected chi connectivity index (χ0v) is 20.3. The lowest BCUT2D eigenvalue weighted by molar-refractivity contribution is -0.144. The summed E-state index contributed by atoms with van der Waals surface area (Å²) in [6.07, 6.45) is 3.97. The van der Waals surface area contributed by atoms with E-state index < -0.39 is 18.3 Å². The molecule has 1 aromatic rings. The lowest BCUT2D eigenvalue weighted by Crippen LogP contribution is -2.41. The first-order chi connectivity index (χ1) is 15.5. The Kier molecular flexibility index (Phi) is 7.49. The Morgan fingerprint density at radius 2 is 1.91 bits per heavy atom. The number of nitrogens with zero attached hydrogens (tertiary/aromatic N) is 1. The molecule has 2 aliphatic rings. The first kappa shape index (κ1) is 25.2. The zero-order valence-electron chi connectivity index (χ0n) is 20.3. The molecule has 0 spiro atoms. The van der Waals surface area contributed by atoms with Gasteiger partial charge in [-0.3, -0.25) is 9.79 Å². The van der Waals surface area contributed by atoms with Crippen molar-refractivity contribution in [2.24, 2.45) is 16.8 Å². The molecule has 1 aliphatic heterocycles. The number of allylic oxidation sites excluding steroid dienone is 3. The second-order valence-electron chi connectivity index (χ2n) is 9.37. The van der Waals surface area contributed by atoms with Crippen LogP contribution in [0.25, 0.3) is 0 Å². The van der Waals surface area contributed by atoms with E-state index >= 15 is 0 Å². The molecule has 0 bridgehead atoms. The third-order valence-electron chi connectivity index (χ3n) is 6.44. The quantitative estimate of drug-likeness (QED) is 0.239. The fourth-order valence-electron chi connectivity index (χ4n) is 3.50. The second-order valence-corrected chi connectivity index (χ2v) is 9.37. The first-order valence-electron chi connectivity index (χ1n) is 11.3. The molecule has 6 nitrogen and oxygen atoms in total. The van der Waals surface area contributed by atoms with Crippen LogP contribution >= 0.6 is 0 Å². The highest BCUT2D eigenvalue weighted by Gasteiger charge is 2.51. The number of halogens is 1. The number of aliphatic imine (C=N–C) groups is 1. The second kappa shape index (κ2) is 9.81. The van der Waals surface area contributed by atoms with Crippen molar-refractivity contribution in [1.82, 2.24) is 0 Å². The van der Waals surface area contributed by atoms with Crippen molar-refractivity contribution in [1.29, 1.82) is 0 Å². The van der Waals surface area contributed by atoms with Gasteiger partial charge in [0.2, 0.25) is 0 Å². The predicted molar refractivity (Wildman–Crippen MR) is 127 cm³/mol. The van der Waals surface area contributed by atoms with E-state index in [9.17, 15) is 9.18 Å². The summed E-state index contributed by atoms with van der Waals surface area (Å²) >= 11 is 0. The molecule has 0 aromatic heterocycles. The average molecular weight is 457 g/mol. The van der Waals surface area contributed by atoms with E-state index in [0.29, 0.717) is 30.0 Å². The molecule has 2 atom stereocenters. The summed E-state index contributed by atoms with van der Waals surface area (Å²) in [4.78, 5) is 16.1. The molecule has 8 heteroatoms. The van der Waals surface area contributed by atoms with Crippen LogP contribution < -0.4 is 5.46 Å². The van der Waals surface area contributed by atoms with Crippen LogP contribution in [0, 0.1) is 17.7 Å². The molecule has 1 saturated heterocycles. The molecule has 0 N–H and O–H groups in total. The van der Waals surface area contributed by atoms with Crippen molar-refractivity contribution in [2.75, 3.05) is 6.61 Å². The standard InChI is InChI=1S/C25H33BFNO5/c1-8-19(14-28-16(3)20-13-21(20)23(29)30-9-2)31-15-17-12-18(10-11-22(17)27)26-32-24(4,5)25(6,7)33-26/h8,10-12,14,20-21H,3,9,13,15H2,1-2,4-7H3/b19-8+,28-14?/t20-,21+/m0/s1. The van der Waals surface area contributed by atoms with Crippen molar-refractivity contribution < 1.29 is 28.0 Å². The van der Waals surface area contributed by atoms with Crippen LogP contribution in [0.15, 0.2) is 47.3 Å². The van der Waals surface area contributed by atoms with E-state index in [0.717, 1.165) is 5.46 Å². The number of carbonyl (C=O) groups is 1. The summed E-state index contributed by atoms with van der Waals surface area (Å²) < 4.78 is 37.4. The van der Waals surface area contributed by atoms with Gasteiger partial charge in [0.25, 0.3) is 0 Å². The summed E-state index contributed by atoms with van der Waals surface area (Å²) in [6.45, 7) is 15.8. The van der Waals surface area contributed by atoms with Crippen LogP contribution in [0.4, 0.5) is 4.39 Å². The van der Waals surface area contributed by atoms with Gasteiger partial charge in [-0.25, -0.2) is 4.39 Å². The van der Waals surface area contributed by atoms with Gasteiger partial charge in [0.05, 0.1) is 29.9 Å². The topological polar surface area (TPSA) is 66.3 Å². The van der Waals surface area contributed by atoms with Crippen LogP contribution in [0.3, 0.4) is 0 Å². The Morgan fingerprint density at radius 1 is 1.24 bits per heavy atom. The van der Waals surface area contributed by atoms with Crippen LogP contribution in [-0.4, -0.2) is 37.1 Å². The number of ether oxygens (including phenoxy) is 2. The molecule has 33 heavy (non-hydrogen) atoms. The van der Waals surface area contributed by atoms with Crippen LogP contribution in [0.5, 0.6) is 0 Å². The van der Waals surface area contributed by atoms with Gasteiger partial charge in [-0.05, 0) is 65.6 Å². The van der Waals surface area contributed by atoms with E-state index in [4.69, 9.17) is 18.8 Å². The summed E-state index contributed by atoms with van der Waals surface area (Å²) in [5.74, 6) is -0.283.